The SMILES string of the molecule is CCCOCCOCCOC(=O)C[n+]1ccn(C)c1. The van der Waals surface area contributed by atoms with Gasteiger partial charge in [0.2, 0.25) is 6.33 Å². The van der Waals surface area contributed by atoms with Crippen LogP contribution in [0.15, 0.2) is 18.7 Å². The van der Waals surface area contributed by atoms with Crippen molar-refractivity contribution >= 4 is 5.97 Å². The van der Waals surface area contributed by atoms with Crippen LogP contribution in [0.25, 0.3) is 0 Å². The van der Waals surface area contributed by atoms with E-state index >= 15 is 0 Å². The molecule has 1 aromatic rings. The van der Waals surface area contributed by atoms with E-state index < -0.39 is 0 Å². The minimum atomic E-state index is -0.262. The number of hydrogen-bond donors (Lipinski definition) is 0. The third-order valence-corrected chi connectivity index (χ3v) is 2.35. The minimum absolute atomic E-state index is 0.223. The summed E-state index contributed by atoms with van der Waals surface area (Å²) >= 11 is 0. The zero-order chi connectivity index (χ0) is 13.9. The van der Waals surface area contributed by atoms with E-state index in [1.54, 1.807) is 4.57 Å². The molecule has 0 atom stereocenters. The highest BCUT2D eigenvalue weighted by Crippen LogP contribution is 1.85. The van der Waals surface area contributed by atoms with Crippen molar-refractivity contribution in [3.05, 3.63) is 18.7 Å². The van der Waals surface area contributed by atoms with Crippen molar-refractivity contribution in [1.82, 2.24) is 4.57 Å². The van der Waals surface area contributed by atoms with Gasteiger partial charge < -0.3 is 14.2 Å². The van der Waals surface area contributed by atoms with Gasteiger partial charge in [-0.05, 0) is 6.42 Å². The first-order valence-corrected chi connectivity index (χ1v) is 6.54. The third kappa shape index (κ3) is 7.58. The predicted molar refractivity (Wildman–Crippen MR) is 68.5 cm³/mol. The van der Waals surface area contributed by atoms with Gasteiger partial charge in [-0.25, -0.2) is 13.9 Å². The van der Waals surface area contributed by atoms with E-state index in [0.29, 0.717) is 19.8 Å². The lowest BCUT2D eigenvalue weighted by Gasteiger charge is -2.05. The van der Waals surface area contributed by atoms with Crippen LogP contribution in [0.2, 0.25) is 0 Å². The molecule has 0 aliphatic rings. The number of ether oxygens (including phenoxy) is 3. The van der Waals surface area contributed by atoms with Crippen LogP contribution in [-0.2, 0) is 32.6 Å². The average Bonchev–Trinajstić information content (AvgIpc) is 2.78. The van der Waals surface area contributed by atoms with Gasteiger partial charge in [-0.2, -0.15) is 0 Å². The molecular weight excluding hydrogens is 248 g/mol. The van der Waals surface area contributed by atoms with E-state index in [1.807, 2.05) is 30.3 Å². The van der Waals surface area contributed by atoms with Crippen LogP contribution >= 0.6 is 0 Å². The quantitative estimate of drug-likeness (QED) is 0.349. The predicted octanol–water partition coefficient (Wildman–Crippen LogP) is 0.299. The maximum Gasteiger partial charge on any atom is 0.348 e. The second-order valence-electron chi connectivity index (χ2n) is 4.20. The molecule has 19 heavy (non-hydrogen) atoms. The molecule has 0 aromatic carbocycles. The monoisotopic (exact) mass is 271 g/mol. The minimum Gasteiger partial charge on any atom is -0.460 e. The van der Waals surface area contributed by atoms with Crippen molar-refractivity contribution in [3.63, 3.8) is 0 Å². The molecule has 0 N–H and O–H groups in total. The lowest BCUT2D eigenvalue weighted by atomic mass is 10.5. The van der Waals surface area contributed by atoms with Gasteiger partial charge in [0.1, 0.15) is 19.0 Å². The molecule has 0 radical (unpaired) electrons. The molecule has 6 nitrogen and oxygen atoms in total. The smallest absolute Gasteiger partial charge is 0.348 e. The molecule has 0 saturated heterocycles. The van der Waals surface area contributed by atoms with Gasteiger partial charge in [0.05, 0.1) is 26.9 Å². The molecule has 1 heterocycles. The second kappa shape index (κ2) is 9.52. The van der Waals surface area contributed by atoms with E-state index in [2.05, 4.69) is 6.92 Å². The topological polar surface area (TPSA) is 53.6 Å². The van der Waals surface area contributed by atoms with Gasteiger partial charge in [-0.3, -0.25) is 0 Å². The number of carbonyl (C=O) groups is 1. The van der Waals surface area contributed by atoms with E-state index in [0.717, 1.165) is 13.0 Å². The largest absolute Gasteiger partial charge is 0.460 e. The van der Waals surface area contributed by atoms with Crippen molar-refractivity contribution in [3.8, 4) is 0 Å². The molecule has 108 valence electrons. The van der Waals surface area contributed by atoms with E-state index in [4.69, 9.17) is 14.2 Å². The summed E-state index contributed by atoms with van der Waals surface area (Å²) in [5.74, 6) is -0.262. The Morgan fingerprint density at radius 1 is 1.16 bits per heavy atom. The molecule has 6 heteroatoms. The fourth-order valence-electron chi connectivity index (χ4n) is 1.47. The van der Waals surface area contributed by atoms with Crippen molar-refractivity contribution in [2.24, 2.45) is 7.05 Å². The lowest BCUT2D eigenvalue weighted by molar-refractivity contribution is -0.685. The highest BCUT2D eigenvalue weighted by molar-refractivity contribution is 5.67. The molecule has 0 bridgehead atoms. The molecule has 0 unspecified atom stereocenters. The first kappa shape index (κ1) is 15.7. The first-order valence-electron chi connectivity index (χ1n) is 6.54. The van der Waals surface area contributed by atoms with Gasteiger partial charge in [0.25, 0.3) is 0 Å². The average molecular weight is 271 g/mol. The number of nitrogens with zero attached hydrogens (tertiary/aromatic N) is 2. The molecule has 0 saturated carbocycles. The molecule has 0 aliphatic heterocycles. The van der Waals surface area contributed by atoms with E-state index in [9.17, 15) is 4.79 Å². The first-order chi connectivity index (χ1) is 9.22. The number of carbonyl (C=O) groups excluding carboxylic acids is 1. The van der Waals surface area contributed by atoms with Gasteiger partial charge in [-0.1, -0.05) is 6.92 Å². The molecule has 0 fully saturated rings. The number of aromatic nitrogens is 2. The summed E-state index contributed by atoms with van der Waals surface area (Å²) in [7, 11) is 1.90. The number of aryl methyl sites for hydroxylation is 1. The molecule has 0 amide bonds. The normalized spacial score (nSPS) is 10.6. The van der Waals surface area contributed by atoms with Crippen molar-refractivity contribution in [2.75, 3.05) is 33.0 Å². The fraction of sp³-hybridized carbons (Fsp3) is 0.692. The number of rotatable bonds is 10. The van der Waals surface area contributed by atoms with Crippen LogP contribution in [0.1, 0.15) is 13.3 Å². The van der Waals surface area contributed by atoms with Crippen molar-refractivity contribution < 1.29 is 23.6 Å². The van der Waals surface area contributed by atoms with Crippen molar-refractivity contribution in [2.45, 2.75) is 19.9 Å². The molecule has 1 aromatic heterocycles. The van der Waals surface area contributed by atoms with Crippen LogP contribution in [0.5, 0.6) is 0 Å². The van der Waals surface area contributed by atoms with E-state index in [1.165, 1.54) is 0 Å². The zero-order valence-electron chi connectivity index (χ0n) is 11.7. The summed E-state index contributed by atoms with van der Waals surface area (Å²) in [6.45, 7) is 4.84. The fourth-order valence-corrected chi connectivity index (χ4v) is 1.47. The number of esters is 1. The molecule has 0 aliphatic carbocycles. The van der Waals surface area contributed by atoms with Gasteiger partial charge in [0, 0.05) is 6.61 Å². The molecular formula is C13H23N2O4+. The van der Waals surface area contributed by atoms with Crippen LogP contribution < -0.4 is 4.57 Å². The maximum atomic E-state index is 11.5. The van der Waals surface area contributed by atoms with Gasteiger partial charge in [0.15, 0.2) is 6.54 Å². The summed E-state index contributed by atoms with van der Waals surface area (Å²) < 4.78 is 19.2. The van der Waals surface area contributed by atoms with Crippen LogP contribution in [0.4, 0.5) is 0 Å². The Bertz CT molecular complexity index is 365. The summed E-state index contributed by atoms with van der Waals surface area (Å²) in [6.07, 6.45) is 6.52. The number of imidazole rings is 1. The Balaban J connectivity index is 1.96. The molecule has 0 spiro atoms. The Kier molecular flexibility index (Phi) is 7.84. The summed E-state index contributed by atoms with van der Waals surface area (Å²) in [6, 6.07) is 0. The lowest BCUT2D eigenvalue weighted by Crippen LogP contribution is -2.36. The van der Waals surface area contributed by atoms with Crippen LogP contribution in [-0.4, -0.2) is 43.6 Å². The zero-order valence-corrected chi connectivity index (χ0v) is 11.7. The third-order valence-electron chi connectivity index (χ3n) is 2.35. The van der Waals surface area contributed by atoms with Crippen LogP contribution in [0, 0.1) is 0 Å². The number of hydrogen-bond acceptors (Lipinski definition) is 4. The summed E-state index contributed by atoms with van der Waals surface area (Å²) in [5.41, 5.74) is 0. The van der Waals surface area contributed by atoms with Crippen LogP contribution in [0.3, 0.4) is 0 Å². The van der Waals surface area contributed by atoms with Gasteiger partial charge in [-0.15, -0.1) is 0 Å². The Labute approximate surface area is 113 Å². The highest BCUT2D eigenvalue weighted by Gasteiger charge is 2.08. The van der Waals surface area contributed by atoms with Gasteiger partial charge >= 0.3 is 5.97 Å². The maximum absolute atomic E-state index is 11.5. The Morgan fingerprint density at radius 2 is 1.84 bits per heavy atom. The van der Waals surface area contributed by atoms with E-state index in [-0.39, 0.29) is 19.1 Å². The Hall–Kier alpha value is -1.40. The second-order valence-corrected chi connectivity index (χ2v) is 4.20. The summed E-state index contributed by atoms with van der Waals surface area (Å²) in [4.78, 5) is 11.5. The Morgan fingerprint density at radius 3 is 2.47 bits per heavy atom. The van der Waals surface area contributed by atoms with Crippen molar-refractivity contribution in [1.29, 1.82) is 0 Å². The standard InChI is InChI=1S/C13H23N2O4/c1-3-6-17-7-8-18-9-10-19-13(16)11-15-5-4-14(2)12-15/h4-5,12H,3,6-11H2,1-2H3/q+1. The highest BCUT2D eigenvalue weighted by atomic mass is 16.6. The summed E-state index contributed by atoms with van der Waals surface area (Å²) in [5, 5.41) is 0. The molecule has 1 rings (SSSR count).